The molecule has 1 aromatic rings. The first-order valence-electron chi connectivity index (χ1n) is 5.89. The topological polar surface area (TPSA) is 63.4 Å². The molecule has 2 rings (SSSR count). The highest BCUT2D eigenvalue weighted by Gasteiger charge is 2.18. The van der Waals surface area contributed by atoms with E-state index in [9.17, 15) is 9.59 Å². The molecule has 0 unspecified atom stereocenters. The van der Waals surface area contributed by atoms with Crippen LogP contribution in [-0.2, 0) is 4.79 Å². The van der Waals surface area contributed by atoms with Crippen LogP contribution in [0.4, 0.5) is 5.69 Å². The summed E-state index contributed by atoms with van der Waals surface area (Å²) < 4.78 is 0. The average molecular weight is 232 g/mol. The van der Waals surface area contributed by atoms with Gasteiger partial charge in [-0.25, -0.2) is 0 Å². The van der Waals surface area contributed by atoms with Gasteiger partial charge in [0, 0.05) is 24.2 Å². The molecule has 0 aromatic heterocycles. The summed E-state index contributed by atoms with van der Waals surface area (Å²) in [7, 11) is 0. The standard InChI is InChI=1S/C13H16N2O2/c14-13(17)10-5-7-11(8-6-10)15-9-3-1-2-4-12(15)16/h5-8H,1-4,9H2,(H2,14,17). The van der Waals surface area contributed by atoms with Crippen molar-refractivity contribution in [1.29, 1.82) is 0 Å². The second kappa shape index (κ2) is 4.99. The van der Waals surface area contributed by atoms with Crippen LogP contribution in [0.5, 0.6) is 0 Å². The number of carbonyl (C=O) groups excluding carboxylic acids is 2. The minimum atomic E-state index is -0.446. The predicted octanol–water partition coefficient (Wildman–Crippen LogP) is 1.69. The number of hydrogen-bond acceptors (Lipinski definition) is 2. The average Bonchev–Trinajstić information content (AvgIpc) is 2.54. The van der Waals surface area contributed by atoms with Crippen LogP contribution in [0.3, 0.4) is 0 Å². The molecule has 17 heavy (non-hydrogen) atoms. The highest BCUT2D eigenvalue weighted by molar-refractivity contribution is 5.96. The zero-order chi connectivity index (χ0) is 12.3. The number of nitrogens with two attached hydrogens (primary N) is 1. The Labute approximate surface area is 100 Å². The summed E-state index contributed by atoms with van der Waals surface area (Å²) in [5.41, 5.74) is 6.49. The van der Waals surface area contributed by atoms with Crippen molar-refractivity contribution in [3.8, 4) is 0 Å². The summed E-state index contributed by atoms with van der Waals surface area (Å²) in [5.74, 6) is -0.284. The second-order valence-electron chi connectivity index (χ2n) is 4.27. The smallest absolute Gasteiger partial charge is 0.248 e. The third-order valence-corrected chi connectivity index (χ3v) is 3.04. The van der Waals surface area contributed by atoms with Gasteiger partial charge in [0.05, 0.1) is 0 Å². The van der Waals surface area contributed by atoms with Crippen LogP contribution < -0.4 is 10.6 Å². The lowest BCUT2D eigenvalue weighted by Gasteiger charge is -2.20. The van der Waals surface area contributed by atoms with Crippen molar-refractivity contribution in [3.05, 3.63) is 29.8 Å². The van der Waals surface area contributed by atoms with Gasteiger partial charge in [0.25, 0.3) is 0 Å². The number of anilines is 1. The fourth-order valence-electron chi connectivity index (χ4n) is 2.06. The fraction of sp³-hybridized carbons (Fsp3) is 0.385. The van der Waals surface area contributed by atoms with E-state index in [0.717, 1.165) is 31.5 Å². The fourth-order valence-corrected chi connectivity index (χ4v) is 2.06. The molecule has 1 fully saturated rings. The first kappa shape index (κ1) is 11.6. The molecule has 0 atom stereocenters. The van der Waals surface area contributed by atoms with E-state index in [1.165, 1.54) is 0 Å². The molecule has 2 N–H and O–H groups in total. The summed E-state index contributed by atoms with van der Waals surface area (Å²) in [6.45, 7) is 0.759. The second-order valence-corrected chi connectivity index (χ2v) is 4.27. The molecule has 0 bridgehead atoms. The Morgan fingerprint density at radius 2 is 1.82 bits per heavy atom. The molecule has 0 spiro atoms. The molecule has 1 aliphatic heterocycles. The van der Waals surface area contributed by atoms with Crippen molar-refractivity contribution in [2.24, 2.45) is 5.73 Å². The number of benzene rings is 1. The van der Waals surface area contributed by atoms with Gasteiger partial charge in [0.2, 0.25) is 11.8 Å². The van der Waals surface area contributed by atoms with Crippen LogP contribution in [0.1, 0.15) is 36.0 Å². The Bertz CT molecular complexity index is 426. The van der Waals surface area contributed by atoms with Crippen LogP contribution in [0.15, 0.2) is 24.3 Å². The van der Waals surface area contributed by atoms with Gasteiger partial charge >= 0.3 is 0 Å². The summed E-state index contributed by atoms with van der Waals surface area (Å²) in [6.07, 6.45) is 3.71. The van der Waals surface area contributed by atoms with E-state index in [-0.39, 0.29) is 5.91 Å². The molecule has 90 valence electrons. The van der Waals surface area contributed by atoms with Crippen molar-refractivity contribution < 1.29 is 9.59 Å². The summed E-state index contributed by atoms with van der Waals surface area (Å²) in [6, 6.07) is 6.89. The summed E-state index contributed by atoms with van der Waals surface area (Å²) >= 11 is 0. The van der Waals surface area contributed by atoms with Gasteiger partial charge in [-0.05, 0) is 37.1 Å². The Morgan fingerprint density at radius 3 is 2.47 bits per heavy atom. The van der Waals surface area contributed by atoms with Gasteiger partial charge in [-0.3, -0.25) is 9.59 Å². The number of rotatable bonds is 2. The normalized spacial score (nSPS) is 16.7. The Kier molecular flexibility index (Phi) is 3.42. The maximum Gasteiger partial charge on any atom is 0.248 e. The van der Waals surface area contributed by atoms with E-state index < -0.39 is 5.91 Å². The number of nitrogens with zero attached hydrogens (tertiary/aromatic N) is 1. The van der Waals surface area contributed by atoms with Crippen LogP contribution in [0.25, 0.3) is 0 Å². The Balaban J connectivity index is 2.20. The van der Waals surface area contributed by atoms with Gasteiger partial charge in [-0.2, -0.15) is 0 Å². The van der Waals surface area contributed by atoms with Gasteiger partial charge in [-0.15, -0.1) is 0 Å². The maximum atomic E-state index is 11.9. The quantitative estimate of drug-likeness (QED) is 0.843. The maximum absolute atomic E-state index is 11.9. The monoisotopic (exact) mass is 232 g/mol. The molecular weight excluding hydrogens is 216 g/mol. The van der Waals surface area contributed by atoms with Crippen LogP contribution in [0, 0.1) is 0 Å². The number of primary amides is 1. The molecule has 0 aliphatic carbocycles. The van der Waals surface area contributed by atoms with Crippen molar-refractivity contribution in [2.75, 3.05) is 11.4 Å². The zero-order valence-corrected chi connectivity index (χ0v) is 9.69. The Hall–Kier alpha value is -1.84. The van der Waals surface area contributed by atoms with E-state index in [1.807, 2.05) is 0 Å². The van der Waals surface area contributed by atoms with E-state index in [0.29, 0.717) is 12.0 Å². The van der Waals surface area contributed by atoms with Crippen LogP contribution in [0.2, 0.25) is 0 Å². The van der Waals surface area contributed by atoms with E-state index in [1.54, 1.807) is 29.2 Å². The van der Waals surface area contributed by atoms with Crippen LogP contribution >= 0.6 is 0 Å². The van der Waals surface area contributed by atoms with Gasteiger partial charge in [0.15, 0.2) is 0 Å². The van der Waals surface area contributed by atoms with E-state index >= 15 is 0 Å². The third-order valence-electron chi connectivity index (χ3n) is 3.04. The van der Waals surface area contributed by atoms with E-state index in [4.69, 9.17) is 5.73 Å². The number of carbonyl (C=O) groups is 2. The summed E-state index contributed by atoms with van der Waals surface area (Å²) in [4.78, 5) is 24.6. The molecule has 4 nitrogen and oxygen atoms in total. The lowest BCUT2D eigenvalue weighted by atomic mass is 10.2. The molecule has 1 heterocycles. The lowest BCUT2D eigenvalue weighted by Crippen LogP contribution is -2.29. The van der Waals surface area contributed by atoms with Gasteiger partial charge < -0.3 is 10.6 Å². The molecule has 0 saturated carbocycles. The largest absolute Gasteiger partial charge is 0.366 e. The van der Waals surface area contributed by atoms with Crippen molar-refractivity contribution >= 4 is 17.5 Å². The minimum absolute atomic E-state index is 0.161. The van der Waals surface area contributed by atoms with Crippen molar-refractivity contribution in [1.82, 2.24) is 0 Å². The minimum Gasteiger partial charge on any atom is -0.366 e. The third kappa shape index (κ3) is 2.64. The Morgan fingerprint density at radius 1 is 1.12 bits per heavy atom. The highest BCUT2D eigenvalue weighted by atomic mass is 16.2. The first-order valence-corrected chi connectivity index (χ1v) is 5.89. The number of hydrogen-bond donors (Lipinski definition) is 1. The molecule has 4 heteroatoms. The predicted molar refractivity (Wildman–Crippen MR) is 65.8 cm³/mol. The van der Waals surface area contributed by atoms with Crippen LogP contribution in [-0.4, -0.2) is 18.4 Å². The first-order chi connectivity index (χ1) is 8.18. The van der Waals surface area contributed by atoms with Gasteiger partial charge in [0.1, 0.15) is 0 Å². The molecule has 1 aromatic carbocycles. The lowest BCUT2D eigenvalue weighted by molar-refractivity contribution is -0.118. The molecular formula is C13H16N2O2. The van der Waals surface area contributed by atoms with E-state index in [2.05, 4.69) is 0 Å². The van der Waals surface area contributed by atoms with Gasteiger partial charge in [-0.1, -0.05) is 6.42 Å². The molecule has 1 aliphatic rings. The highest BCUT2D eigenvalue weighted by Crippen LogP contribution is 2.20. The molecule has 2 amide bonds. The number of amides is 2. The van der Waals surface area contributed by atoms with Crippen molar-refractivity contribution in [3.63, 3.8) is 0 Å². The SMILES string of the molecule is NC(=O)c1ccc(N2CCCCCC2=O)cc1. The zero-order valence-electron chi connectivity index (χ0n) is 9.69. The molecule has 1 saturated heterocycles. The summed E-state index contributed by atoms with van der Waals surface area (Å²) in [5, 5.41) is 0. The molecule has 0 radical (unpaired) electrons. The van der Waals surface area contributed by atoms with Crippen molar-refractivity contribution in [2.45, 2.75) is 25.7 Å².